The molecule has 0 aliphatic carbocycles. The van der Waals surface area contributed by atoms with Crippen LogP contribution in [-0.4, -0.2) is 68.3 Å². The molecule has 0 saturated carbocycles. The van der Waals surface area contributed by atoms with E-state index in [4.69, 9.17) is 0 Å². The van der Waals surface area contributed by atoms with E-state index >= 15 is 0 Å². The SMILES string of the molecule is CCN(CC1CCN(C(=NC)NCC(C)c2ccsc2)C1)CC(F)(F)F. The third-order valence-corrected chi connectivity index (χ3v) is 5.54. The molecule has 1 saturated heterocycles. The molecule has 1 aromatic rings. The lowest BCUT2D eigenvalue weighted by Gasteiger charge is -2.26. The van der Waals surface area contributed by atoms with E-state index in [9.17, 15) is 13.2 Å². The average molecular weight is 391 g/mol. The third-order valence-electron chi connectivity index (χ3n) is 4.84. The molecule has 1 fully saturated rings. The maximum atomic E-state index is 12.6. The van der Waals surface area contributed by atoms with Gasteiger partial charge in [-0.15, -0.1) is 0 Å². The van der Waals surface area contributed by atoms with E-state index in [1.165, 1.54) is 10.5 Å². The molecule has 8 heteroatoms. The number of nitrogens with one attached hydrogen (secondary N) is 1. The fourth-order valence-corrected chi connectivity index (χ4v) is 4.13. The van der Waals surface area contributed by atoms with Crippen LogP contribution in [-0.2, 0) is 0 Å². The number of likely N-dealkylation sites (tertiary alicyclic amines) is 1. The van der Waals surface area contributed by atoms with Crippen LogP contribution in [0.5, 0.6) is 0 Å². The molecule has 1 aliphatic heterocycles. The van der Waals surface area contributed by atoms with Crippen molar-refractivity contribution < 1.29 is 13.2 Å². The van der Waals surface area contributed by atoms with Gasteiger partial charge in [0, 0.05) is 33.2 Å². The lowest BCUT2D eigenvalue weighted by molar-refractivity contribution is -0.146. The number of thiophene rings is 1. The molecule has 2 unspecified atom stereocenters. The Bertz CT molecular complexity index is 559. The van der Waals surface area contributed by atoms with Crippen molar-refractivity contribution in [1.29, 1.82) is 0 Å². The number of guanidine groups is 1. The molecule has 2 rings (SSSR count). The number of hydrogen-bond donors (Lipinski definition) is 1. The van der Waals surface area contributed by atoms with E-state index in [-0.39, 0.29) is 5.92 Å². The summed E-state index contributed by atoms with van der Waals surface area (Å²) in [4.78, 5) is 8.01. The summed E-state index contributed by atoms with van der Waals surface area (Å²) in [7, 11) is 1.76. The Hall–Kier alpha value is -1.28. The smallest absolute Gasteiger partial charge is 0.356 e. The predicted molar refractivity (Wildman–Crippen MR) is 102 cm³/mol. The molecule has 2 atom stereocenters. The van der Waals surface area contributed by atoms with Crippen LogP contribution in [0.4, 0.5) is 13.2 Å². The van der Waals surface area contributed by atoms with Gasteiger partial charge in [-0.25, -0.2) is 0 Å². The minimum absolute atomic E-state index is 0.241. The molecule has 0 radical (unpaired) electrons. The normalized spacial score (nSPS) is 20.0. The summed E-state index contributed by atoms with van der Waals surface area (Å²) in [5.41, 5.74) is 1.31. The van der Waals surface area contributed by atoms with Gasteiger partial charge in [-0.2, -0.15) is 24.5 Å². The topological polar surface area (TPSA) is 30.9 Å². The second-order valence-electron chi connectivity index (χ2n) is 6.93. The Labute approximate surface area is 158 Å². The minimum Gasteiger partial charge on any atom is -0.356 e. The molecule has 0 amide bonds. The Morgan fingerprint density at radius 2 is 2.27 bits per heavy atom. The molecule has 4 nitrogen and oxygen atoms in total. The van der Waals surface area contributed by atoms with Crippen LogP contribution >= 0.6 is 11.3 Å². The first kappa shape index (κ1) is 21.0. The van der Waals surface area contributed by atoms with Gasteiger partial charge in [0.2, 0.25) is 0 Å². The lowest BCUT2D eigenvalue weighted by atomic mass is 10.1. The molecule has 1 aromatic heterocycles. The monoisotopic (exact) mass is 390 g/mol. The lowest BCUT2D eigenvalue weighted by Crippen LogP contribution is -2.42. The second-order valence-corrected chi connectivity index (χ2v) is 7.71. The largest absolute Gasteiger partial charge is 0.401 e. The summed E-state index contributed by atoms with van der Waals surface area (Å²) in [6.45, 7) is 6.40. The molecule has 148 valence electrons. The summed E-state index contributed by atoms with van der Waals surface area (Å²) in [5.74, 6) is 1.47. The molecule has 0 bridgehead atoms. The minimum atomic E-state index is -4.14. The van der Waals surface area contributed by atoms with Crippen molar-refractivity contribution >= 4 is 17.3 Å². The molecule has 0 aromatic carbocycles. The van der Waals surface area contributed by atoms with E-state index in [1.807, 2.05) is 0 Å². The van der Waals surface area contributed by atoms with Gasteiger partial charge in [-0.05, 0) is 47.2 Å². The number of hydrogen-bond acceptors (Lipinski definition) is 3. The van der Waals surface area contributed by atoms with Crippen molar-refractivity contribution in [2.75, 3.05) is 46.3 Å². The standard InChI is InChI=1S/C18H29F3N4S/c1-4-24(13-18(19,20)21)10-15-5-7-25(11-15)17(22-3)23-9-14(2)16-6-8-26-12-16/h6,8,12,14-15H,4-5,7,9-11,13H2,1-3H3,(H,22,23). The highest BCUT2D eigenvalue weighted by Gasteiger charge is 2.33. The first-order valence-electron chi connectivity index (χ1n) is 9.09. The number of rotatable bonds is 7. The highest BCUT2D eigenvalue weighted by atomic mass is 32.1. The van der Waals surface area contributed by atoms with E-state index in [2.05, 4.69) is 39.0 Å². The summed E-state index contributed by atoms with van der Waals surface area (Å²) in [5, 5.41) is 7.64. The fraction of sp³-hybridized carbons (Fsp3) is 0.722. The molecule has 1 N–H and O–H groups in total. The Morgan fingerprint density at radius 3 is 2.85 bits per heavy atom. The molecule has 0 spiro atoms. The number of aliphatic imine (C=N–C) groups is 1. The van der Waals surface area contributed by atoms with Crippen LogP contribution in [0.25, 0.3) is 0 Å². The van der Waals surface area contributed by atoms with Crippen molar-refractivity contribution in [2.45, 2.75) is 32.4 Å². The fourth-order valence-electron chi connectivity index (χ4n) is 3.35. The van der Waals surface area contributed by atoms with Crippen molar-refractivity contribution in [3.8, 4) is 0 Å². The van der Waals surface area contributed by atoms with Crippen LogP contribution in [0, 0.1) is 5.92 Å². The van der Waals surface area contributed by atoms with Gasteiger partial charge in [0.15, 0.2) is 5.96 Å². The maximum absolute atomic E-state index is 12.6. The van der Waals surface area contributed by atoms with Crippen LogP contribution < -0.4 is 5.32 Å². The van der Waals surface area contributed by atoms with Crippen LogP contribution in [0.2, 0.25) is 0 Å². The predicted octanol–water partition coefficient (Wildman–Crippen LogP) is 3.63. The number of alkyl halides is 3. The zero-order valence-corrected chi connectivity index (χ0v) is 16.5. The van der Waals surface area contributed by atoms with Crippen LogP contribution in [0.1, 0.15) is 31.7 Å². The highest BCUT2D eigenvalue weighted by Crippen LogP contribution is 2.22. The molecular formula is C18H29F3N4S. The quantitative estimate of drug-likeness (QED) is 0.570. The Kier molecular flexibility index (Phi) is 7.76. The number of halogens is 3. The van der Waals surface area contributed by atoms with E-state index in [1.54, 1.807) is 25.3 Å². The maximum Gasteiger partial charge on any atom is 0.401 e. The molecule has 26 heavy (non-hydrogen) atoms. The van der Waals surface area contributed by atoms with Crippen LogP contribution in [0.3, 0.4) is 0 Å². The van der Waals surface area contributed by atoms with Crippen molar-refractivity contribution in [2.24, 2.45) is 10.9 Å². The summed E-state index contributed by atoms with van der Waals surface area (Å²) < 4.78 is 37.9. The molecular weight excluding hydrogens is 361 g/mol. The van der Waals surface area contributed by atoms with Crippen molar-refractivity contribution in [3.63, 3.8) is 0 Å². The van der Waals surface area contributed by atoms with Crippen molar-refractivity contribution in [3.05, 3.63) is 22.4 Å². The second kappa shape index (κ2) is 9.60. The van der Waals surface area contributed by atoms with Gasteiger partial charge >= 0.3 is 6.18 Å². The van der Waals surface area contributed by atoms with Gasteiger partial charge < -0.3 is 10.2 Å². The van der Waals surface area contributed by atoms with Gasteiger partial charge in [0.25, 0.3) is 0 Å². The highest BCUT2D eigenvalue weighted by molar-refractivity contribution is 7.07. The summed E-state index contributed by atoms with van der Waals surface area (Å²) in [6.07, 6.45) is -3.24. The zero-order valence-electron chi connectivity index (χ0n) is 15.7. The van der Waals surface area contributed by atoms with E-state index < -0.39 is 12.7 Å². The van der Waals surface area contributed by atoms with Gasteiger partial charge in [0.1, 0.15) is 0 Å². The van der Waals surface area contributed by atoms with E-state index in [0.717, 1.165) is 32.0 Å². The number of nitrogens with zero attached hydrogens (tertiary/aromatic N) is 3. The molecule has 1 aliphatic rings. The van der Waals surface area contributed by atoms with Gasteiger partial charge in [-0.3, -0.25) is 9.89 Å². The van der Waals surface area contributed by atoms with Crippen LogP contribution in [0.15, 0.2) is 21.8 Å². The third kappa shape index (κ3) is 6.46. The Morgan fingerprint density at radius 1 is 1.50 bits per heavy atom. The van der Waals surface area contributed by atoms with E-state index in [0.29, 0.717) is 19.0 Å². The zero-order chi connectivity index (χ0) is 19.2. The van der Waals surface area contributed by atoms with Gasteiger partial charge in [-0.1, -0.05) is 13.8 Å². The summed E-state index contributed by atoms with van der Waals surface area (Å²) >= 11 is 1.69. The summed E-state index contributed by atoms with van der Waals surface area (Å²) in [6, 6.07) is 2.13. The van der Waals surface area contributed by atoms with Crippen molar-refractivity contribution in [1.82, 2.24) is 15.1 Å². The Balaban J connectivity index is 1.81. The molecule has 2 heterocycles. The van der Waals surface area contributed by atoms with Gasteiger partial charge in [0.05, 0.1) is 6.54 Å². The average Bonchev–Trinajstić information content (AvgIpc) is 3.25. The first-order chi connectivity index (χ1) is 12.3. The first-order valence-corrected chi connectivity index (χ1v) is 10.0.